The van der Waals surface area contributed by atoms with Crippen LogP contribution in [-0.2, 0) is 0 Å². The summed E-state index contributed by atoms with van der Waals surface area (Å²) in [6.45, 7) is 1.93. The van der Waals surface area contributed by atoms with Crippen LogP contribution in [0.25, 0.3) is 10.9 Å². The van der Waals surface area contributed by atoms with Gasteiger partial charge >= 0.3 is 0 Å². The minimum absolute atomic E-state index is 0.601. The molecular weight excluding hydrogens is 176 g/mol. The lowest BCUT2D eigenvalue weighted by Crippen LogP contribution is -1.83. The molecule has 1 heterocycles. The number of aryl methyl sites for hydroxylation is 1. The van der Waals surface area contributed by atoms with E-state index in [1.807, 2.05) is 25.1 Å². The first kappa shape index (κ1) is 8.64. The number of aromatic amines is 1. The minimum Gasteiger partial charge on any atom is -0.495 e. The van der Waals surface area contributed by atoms with Crippen molar-refractivity contribution in [3.8, 4) is 11.8 Å². The quantitative estimate of drug-likeness (QED) is 0.743. The maximum absolute atomic E-state index is 8.86. The lowest BCUT2D eigenvalue weighted by Gasteiger charge is -1.99. The third kappa shape index (κ3) is 1.05. The first-order chi connectivity index (χ1) is 6.77. The van der Waals surface area contributed by atoms with Gasteiger partial charge in [-0.3, -0.25) is 0 Å². The molecule has 3 nitrogen and oxygen atoms in total. The number of hydrogen-bond donors (Lipinski definition) is 1. The fraction of sp³-hybridized carbons (Fsp3) is 0.182. The van der Waals surface area contributed by atoms with Crippen molar-refractivity contribution < 1.29 is 4.74 Å². The van der Waals surface area contributed by atoms with E-state index in [2.05, 4.69) is 11.1 Å². The molecule has 3 heteroatoms. The number of ether oxygens (including phenoxy) is 1. The molecule has 0 aliphatic heterocycles. The van der Waals surface area contributed by atoms with Gasteiger partial charge in [0.2, 0.25) is 0 Å². The Morgan fingerprint density at radius 2 is 2.21 bits per heavy atom. The highest BCUT2D eigenvalue weighted by molar-refractivity contribution is 5.90. The fourth-order valence-corrected chi connectivity index (χ4v) is 1.61. The van der Waals surface area contributed by atoms with Gasteiger partial charge in [-0.2, -0.15) is 5.26 Å². The van der Waals surface area contributed by atoms with E-state index in [0.29, 0.717) is 5.69 Å². The molecule has 2 aromatic rings. The van der Waals surface area contributed by atoms with Gasteiger partial charge in [0.15, 0.2) is 0 Å². The Hall–Kier alpha value is -1.95. The highest BCUT2D eigenvalue weighted by Crippen LogP contribution is 2.28. The number of H-pyrrole nitrogens is 1. The van der Waals surface area contributed by atoms with Gasteiger partial charge in [-0.05, 0) is 18.6 Å². The van der Waals surface area contributed by atoms with Crippen LogP contribution in [-0.4, -0.2) is 12.1 Å². The topological polar surface area (TPSA) is 48.8 Å². The Bertz CT molecular complexity index is 520. The molecule has 0 amide bonds. The van der Waals surface area contributed by atoms with Crippen LogP contribution in [0.15, 0.2) is 18.2 Å². The zero-order valence-corrected chi connectivity index (χ0v) is 8.09. The number of hydrogen-bond acceptors (Lipinski definition) is 2. The van der Waals surface area contributed by atoms with E-state index in [0.717, 1.165) is 22.2 Å². The number of nitriles is 1. The lowest BCUT2D eigenvalue weighted by atomic mass is 10.1. The van der Waals surface area contributed by atoms with E-state index < -0.39 is 0 Å². The van der Waals surface area contributed by atoms with Crippen LogP contribution in [0, 0.1) is 18.3 Å². The molecule has 0 saturated carbocycles. The molecule has 1 aromatic carbocycles. The van der Waals surface area contributed by atoms with Gasteiger partial charge in [0, 0.05) is 5.39 Å². The van der Waals surface area contributed by atoms with Gasteiger partial charge in [0.05, 0.1) is 12.6 Å². The van der Waals surface area contributed by atoms with Crippen molar-refractivity contribution in [2.75, 3.05) is 7.11 Å². The van der Waals surface area contributed by atoms with Crippen molar-refractivity contribution in [2.45, 2.75) is 6.92 Å². The average molecular weight is 186 g/mol. The molecule has 0 saturated heterocycles. The Morgan fingerprint density at radius 1 is 1.43 bits per heavy atom. The van der Waals surface area contributed by atoms with Crippen LogP contribution < -0.4 is 4.74 Å². The molecule has 2 rings (SSSR count). The van der Waals surface area contributed by atoms with Crippen molar-refractivity contribution in [2.24, 2.45) is 0 Å². The van der Waals surface area contributed by atoms with Crippen molar-refractivity contribution in [1.82, 2.24) is 4.98 Å². The number of nitrogens with one attached hydrogen (secondary N) is 1. The molecule has 0 spiro atoms. The standard InChI is InChI=1S/C11H10N2O/c1-7-8-4-3-5-10(14-2)11(8)13-9(7)6-12/h3-5,13H,1-2H3. The van der Waals surface area contributed by atoms with Crippen molar-refractivity contribution in [3.63, 3.8) is 0 Å². The summed E-state index contributed by atoms with van der Waals surface area (Å²) in [7, 11) is 1.62. The van der Waals surface area contributed by atoms with Gasteiger partial charge in [-0.1, -0.05) is 12.1 Å². The van der Waals surface area contributed by atoms with Crippen molar-refractivity contribution >= 4 is 10.9 Å². The Balaban J connectivity index is 2.85. The van der Waals surface area contributed by atoms with Crippen LogP contribution in [0.2, 0.25) is 0 Å². The number of benzene rings is 1. The van der Waals surface area contributed by atoms with E-state index in [4.69, 9.17) is 10.00 Å². The predicted molar refractivity (Wildman–Crippen MR) is 54.3 cm³/mol. The molecule has 0 bridgehead atoms. The Morgan fingerprint density at radius 3 is 2.86 bits per heavy atom. The van der Waals surface area contributed by atoms with Gasteiger partial charge in [-0.15, -0.1) is 0 Å². The molecule has 0 aliphatic rings. The van der Waals surface area contributed by atoms with Crippen LogP contribution in [0.5, 0.6) is 5.75 Å². The van der Waals surface area contributed by atoms with Gasteiger partial charge in [0.25, 0.3) is 0 Å². The number of para-hydroxylation sites is 1. The summed E-state index contributed by atoms with van der Waals surface area (Å²) < 4.78 is 5.20. The number of nitrogens with zero attached hydrogens (tertiary/aromatic N) is 1. The van der Waals surface area contributed by atoms with E-state index in [1.165, 1.54) is 0 Å². The van der Waals surface area contributed by atoms with Gasteiger partial charge < -0.3 is 9.72 Å². The minimum atomic E-state index is 0.601. The van der Waals surface area contributed by atoms with E-state index in [9.17, 15) is 0 Å². The second kappa shape index (κ2) is 3.08. The average Bonchev–Trinajstić information content (AvgIpc) is 2.55. The van der Waals surface area contributed by atoms with Crippen LogP contribution in [0.3, 0.4) is 0 Å². The van der Waals surface area contributed by atoms with Crippen molar-refractivity contribution in [1.29, 1.82) is 5.26 Å². The summed E-state index contributed by atoms with van der Waals surface area (Å²) in [5.41, 5.74) is 2.47. The number of fused-ring (bicyclic) bond motifs is 1. The highest BCUT2D eigenvalue weighted by atomic mass is 16.5. The first-order valence-corrected chi connectivity index (χ1v) is 4.33. The third-order valence-electron chi connectivity index (χ3n) is 2.39. The Labute approximate surface area is 81.9 Å². The molecule has 0 aliphatic carbocycles. The van der Waals surface area contributed by atoms with Gasteiger partial charge in [-0.25, -0.2) is 0 Å². The molecule has 0 unspecified atom stereocenters. The zero-order valence-electron chi connectivity index (χ0n) is 8.09. The fourth-order valence-electron chi connectivity index (χ4n) is 1.61. The maximum atomic E-state index is 8.86. The van der Waals surface area contributed by atoms with Crippen LogP contribution in [0.1, 0.15) is 11.3 Å². The number of rotatable bonds is 1. The summed E-state index contributed by atoms with van der Waals surface area (Å²) in [5, 5.41) is 9.90. The van der Waals surface area contributed by atoms with Crippen LogP contribution in [0.4, 0.5) is 0 Å². The maximum Gasteiger partial charge on any atom is 0.142 e. The summed E-state index contributed by atoms with van der Waals surface area (Å²) in [6.07, 6.45) is 0. The SMILES string of the molecule is COc1cccc2c(C)c(C#N)[nH]c12. The molecule has 0 radical (unpaired) electrons. The van der Waals surface area contributed by atoms with E-state index in [-0.39, 0.29) is 0 Å². The third-order valence-corrected chi connectivity index (χ3v) is 2.39. The Kier molecular flexibility index (Phi) is 1.90. The lowest BCUT2D eigenvalue weighted by molar-refractivity contribution is 0.419. The molecule has 1 N–H and O–H groups in total. The molecule has 0 atom stereocenters. The zero-order chi connectivity index (χ0) is 10.1. The molecule has 14 heavy (non-hydrogen) atoms. The molecule has 1 aromatic heterocycles. The van der Waals surface area contributed by atoms with Crippen LogP contribution >= 0.6 is 0 Å². The highest BCUT2D eigenvalue weighted by Gasteiger charge is 2.09. The largest absolute Gasteiger partial charge is 0.495 e. The second-order valence-corrected chi connectivity index (χ2v) is 3.12. The normalized spacial score (nSPS) is 10.1. The first-order valence-electron chi connectivity index (χ1n) is 4.33. The summed E-state index contributed by atoms with van der Waals surface area (Å²) in [6, 6.07) is 7.90. The number of methoxy groups -OCH3 is 1. The molecule has 70 valence electrons. The summed E-state index contributed by atoms with van der Waals surface area (Å²) in [4.78, 5) is 3.05. The number of aromatic nitrogens is 1. The monoisotopic (exact) mass is 186 g/mol. The van der Waals surface area contributed by atoms with Crippen molar-refractivity contribution in [3.05, 3.63) is 29.5 Å². The molecule has 0 fully saturated rings. The van der Waals surface area contributed by atoms with E-state index >= 15 is 0 Å². The second-order valence-electron chi connectivity index (χ2n) is 3.12. The smallest absolute Gasteiger partial charge is 0.142 e. The summed E-state index contributed by atoms with van der Waals surface area (Å²) in [5.74, 6) is 0.770. The molecular formula is C11H10N2O. The predicted octanol–water partition coefficient (Wildman–Crippen LogP) is 2.36. The van der Waals surface area contributed by atoms with E-state index in [1.54, 1.807) is 7.11 Å². The summed E-state index contributed by atoms with van der Waals surface area (Å²) >= 11 is 0. The van der Waals surface area contributed by atoms with Gasteiger partial charge in [0.1, 0.15) is 17.5 Å².